The van der Waals surface area contributed by atoms with E-state index in [0.717, 1.165) is 5.56 Å². The fourth-order valence-corrected chi connectivity index (χ4v) is 5.36. The van der Waals surface area contributed by atoms with Crippen LogP contribution in [0.2, 0.25) is 0 Å². The van der Waals surface area contributed by atoms with E-state index in [4.69, 9.17) is 16.2 Å². The number of aliphatic hydroxyl groups excluding tert-OH is 2. The van der Waals surface area contributed by atoms with E-state index in [1.165, 1.54) is 35.3 Å². The van der Waals surface area contributed by atoms with Gasteiger partial charge in [-0.3, -0.25) is 13.9 Å². The Balaban J connectivity index is 1.11. The molecule has 7 N–H and O–H groups in total. The molecule has 1 aliphatic heterocycles. The summed E-state index contributed by atoms with van der Waals surface area (Å²) in [5.41, 5.74) is 14.6. The van der Waals surface area contributed by atoms with E-state index in [1.54, 1.807) is 0 Å². The maximum Gasteiger partial charge on any atom is 0.230 e. The minimum absolute atomic E-state index is 0.0304. The number of hydrogen-bond acceptors (Lipinski definition) is 13. The van der Waals surface area contributed by atoms with Crippen LogP contribution in [-0.4, -0.2) is 85.8 Å². The Morgan fingerprint density at radius 1 is 0.975 bits per heavy atom. The van der Waals surface area contributed by atoms with Gasteiger partial charge in [0.05, 0.1) is 18.6 Å². The number of aliphatic hydroxyl groups is 2. The van der Waals surface area contributed by atoms with Crippen LogP contribution in [-0.2, 0) is 16.1 Å². The fraction of sp³-hybridized carbons (Fsp3) is 0.292. The predicted molar refractivity (Wildman–Crippen MR) is 145 cm³/mol. The van der Waals surface area contributed by atoms with Crippen molar-refractivity contribution in [1.82, 2.24) is 44.4 Å². The Kier molecular flexibility index (Phi) is 6.89. The fourth-order valence-electron chi connectivity index (χ4n) is 4.53. The van der Waals surface area contributed by atoms with Gasteiger partial charge < -0.3 is 31.7 Å². The molecule has 1 aliphatic rings. The summed E-state index contributed by atoms with van der Waals surface area (Å²) in [4.78, 5) is 37.9. The SMILES string of the molecule is Nc1ncnc2c1ncn2[C@@H]1O[C@H](CNC(=O)CSc2nc3c(N)ncnc3n2Cc2ccccc2)C(O)C1O. The predicted octanol–water partition coefficient (Wildman–Crippen LogP) is -0.294. The third-order valence-electron chi connectivity index (χ3n) is 6.54. The first kappa shape index (κ1) is 25.9. The highest BCUT2D eigenvalue weighted by molar-refractivity contribution is 7.99. The summed E-state index contributed by atoms with van der Waals surface area (Å²) in [6.45, 7) is 0.454. The number of imidazole rings is 2. The largest absolute Gasteiger partial charge is 0.387 e. The number of benzene rings is 1. The van der Waals surface area contributed by atoms with E-state index in [1.807, 2.05) is 34.9 Å². The van der Waals surface area contributed by atoms with Crippen LogP contribution in [0.15, 0.2) is 54.5 Å². The molecule has 40 heavy (non-hydrogen) atoms. The number of rotatable bonds is 8. The maximum absolute atomic E-state index is 12.8. The first-order valence-electron chi connectivity index (χ1n) is 12.3. The molecule has 2 unspecified atom stereocenters. The van der Waals surface area contributed by atoms with Gasteiger partial charge in [-0.2, -0.15) is 0 Å². The van der Waals surface area contributed by atoms with Gasteiger partial charge in [0.15, 0.2) is 39.8 Å². The van der Waals surface area contributed by atoms with Gasteiger partial charge in [-0.25, -0.2) is 29.9 Å². The topological polar surface area (TPSA) is 218 Å². The van der Waals surface area contributed by atoms with Crippen molar-refractivity contribution in [2.75, 3.05) is 23.8 Å². The molecule has 5 heterocycles. The highest BCUT2D eigenvalue weighted by Gasteiger charge is 2.44. The molecule has 0 saturated carbocycles. The number of nitrogens with zero attached hydrogens (tertiary/aromatic N) is 8. The number of nitrogens with one attached hydrogen (secondary N) is 1. The quantitative estimate of drug-likeness (QED) is 0.153. The summed E-state index contributed by atoms with van der Waals surface area (Å²) >= 11 is 1.22. The highest BCUT2D eigenvalue weighted by Crippen LogP contribution is 2.32. The molecule has 0 aliphatic carbocycles. The number of nitrogens with two attached hydrogens (primary N) is 2. The molecule has 1 fully saturated rings. The van der Waals surface area contributed by atoms with Gasteiger partial charge in [0, 0.05) is 6.54 Å². The van der Waals surface area contributed by atoms with Crippen molar-refractivity contribution in [1.29, 1.82) is 0 Å². The van der Waals surface area contributed by atoms with Crippen molar-refractivity contribution < 1.29 is 19.7 Å². The molecule has 15 nitrogen and oxygen atoms in total. The van der Waals surface area contributed by atoms with Gasteiger partial charge in [0.2, 0.25) is 5.91 Å². The first-order chi connectivity index (χ1) is 19.4. The molecule has 4 aromatic heterocycles. The molecule has 1 aromatic carbocycles. The lowest BCUT2D eigenvalue weighted by atomic mass is 10.1. The van der Waals surface area contributed by atoms with Crippen molar-refractivity contribution in [3.05, 3.63) is 54.9 Å². The second kappa shape index (κ2) is 10.6. The lowest BCUT2D eigenvalue weighted by Crippen LogP contribution is -2.40. The maximum atomic E-state index is 12.8. The molecule has 1 amide bonds. The third-order valence-corrected chi connectivity index (χ3v) is 7.52. The molecule has 1 saturated heterocycles. The molecule has 6 rings (SSSR count). The lowest BCUT2D eigenvalue weighted by Gasteiger charge is -2.16. The summed E-state index contributed by atoms with van der Waals surface area (Å²) in [6.07, 6.45) is -0.325. The Morgan fingerprint density at radius 3 is 2.48 bits per heavy atom. The van der Waals surface area contributed by atoms with E-state index in [0.29, 0.717) is 34.0 Å². The van der Waals surface area contributed by atoms with Gasteiger partial charge >= 0.3 is 0 Å². The third kappa shape index (κ3) is 4.77. The average Bonchev–Trinajstić information content (AvgIpc) is 3.63. The van der Waals surface area contributed by atoms with Crippen molar-refractivity contribution in [2.45, 2.75) is 36.2 Å². The summed E-state index contributed by atoms with van der Waals surface area (Å²) < 4.78 is 9.25. The van der Waals surface area contributed by atoms with Crippen LogP contribution in [0.5, 0.6) is 0 Å². The number of carbonyl (C=O) groups is 1. The normalized spacial score (nSPS) is 20.9. The lowest BCUT2D eigenvalue weighted by molar-refractivity contribution is -0.119. The van der Waals surface area contributed by atoms with E-state index in [2.05, 4.69) is 35.2 Å². The Hall–Kier alpha value is -4.38. The summed E-state index contributed by atoms with van der Waals surface area (Å²) in [5, 5.41) is 24.6. The second-order valence-electron chi connectivity index (χ2n) is 9.12. The van der Waals surface area contributed by atoms with Gasteiger partial charge in [-0.15, -0.1) is 0 Å². The molecule has 206 valence electrons. The minimum atomic E-state index is -1.28. The van der Waals surface area contributed by atoms with E-state index in [9.17, 15) is 15.0 Å². The smallest absolute Gasteiger partial charge is 0.230 e. The second-order valence-corrected chi connectivity index (χ2v) is 10.1. The number of aromatic nitrogens is 8. The molecule has 0 radical (unpaired) electrons. The molecule has 0 bridgehead atoms. The minimum Gasteiger partial charge on any atom is -0.387 e. The molecular formula is C24H25N11O4S. The summed E-state index contributed by atoms with van der Waals surface area (Å²) in [5.74, 6) is 0.154. The van der Waals surface area contributed by atoms with Gasteiger partial charge in [0.1, 0.15) is 36.5 Å². The number of amides is 1. The monoisotopic (exact) mass is 563 g/mol. The highest BCUT2D eigenvalue weighted by atomic mass is 32.2. The number of ether oxygens (including phenoxy) is 1. The zero-order chi connectivity index (χ0) is 27.8. The number of fused-ring (bicyclic) bond motifs is 2. The first-order valence-corrected chi connectivity index (χ1v) is 13.2. The Labute approximate surface area is 230 Å². The molecule has 0 spiro atoms. The molecule has 4 atom stereocenters. The van der Waals surface area contributed by atoms with Gasteiger partial charge in [-0.1, -0.05) is 42.1 Å². The van der Waals surface area contributed by atoms with Crippen LogP contribution in [0.3, 0.4) is 0 Å². The zero-order valence-electron chi connectivity index (χ0n) is 20.9. The van der Waals surface area contributed by atoms with Crippen LogP contribution >= 0.6 is 11.8 Å². The number of thioether (sulfide) groups is 1. The van der Waals surface area contributed by atoms with Crippen LogP contribution in [0.4, 0.5) is 11.6 Å². The average molecular weight is 564 g/mol. The number of anilines is 2. The number of carbonyl (C=O) groups excluding carboxylic acids is 1. The van der Waals surface area contributed by atoms with Gasteiger partial charge in [0.25, 0.3) is 0 Å². The molecule has 16 heteroatoms. The van der Waals surface area contributed by atoms with E-state index < -0.39 is 24.5 Å². The zero-order valence-corrected chi connectivity index (χ0v) is 21.7. The van der Waals surface area contributed by atoms with Crippen LogP contribution in [0.1, 0.15) is 11.8 Å². The standard InChI is InChI=1S/C24H25N11O4S/c25-19-15-21(30-9-28-19)35(11-32-15)23-18(38)17(37)13(39-23)6-27-14(36)8-40-24-33-16-20(26)29-10-31-22(16)34(24)7-12-4-2-1-3-5-12/h1-5,9-11,13,17-18,23,37-38H,6-8H2,(H,27,36)(H2,25,28,30)(H2,26,29,31)/t13-,17?,18?,23-/m1/s1. The summed E-state index contributed by atoms with van der Waals surface area (Å²) in [6, 6.07) is 9.79. The van der Waals surface area contributed by atoms with Crippen LogP contribution in [0, 0.1) is 0 Å². The number of nitrogen functional groups attached to an aromatic ring is 2. The molecular weight excluding hydrogens is 538 g/mol. The van der Waals surface area contributed by atoms with Crippen molar-refractivity contribution in [3.8, 4) is 0 Å². The van der Waals surface area contributed by atoms with Crippen molar-refractivity contribution in [2.24, 2.45) is 0 Å². The Morgan fingerprint density at radius 2 is 1.70 bits per heavy atom. The van der Waals surface area contributed by atoms with E-state index in [-0.39, 0.29) is 29.8 Å². The number of hydrogen-bond donors (Lipinski definition) is 5. The van der Waals surface area contributed by atoms with Crippen LogP contribution < -0.4 is 16.8 Å². The molecule has 5 aromatic rings. The van der Waals surface area contributed by atoms with Gasteiger partial charge in [-0.05, 0) is 5.56 Å². The summed E-state index contributed by atoms with van der Waals surface area (Å²) in [7, 11) is 0. The van der Waals surface area contributed by atoms with Crippen molar-refractivity contribution in [3.63, 3.8) is 0 Å². The Bertz CT molecular complexity index is 1680. The van der Waals surface area contributed by atoms with E-state index >= 15 is 0 Å². The van der Waals surface area contributed by atoms with Crippen molar-refractivity contribution >= 4 is 51.6 Å². The van der Waals surface area contributed by atoms with Crippen LogP contribution in [0.25, 0.3) is 22.3 Å².